The molecule has 3 rings (SSSR count). The predicted octanol–water partition coefficient (Wildman–Crippen LogP) is 2.45. The number of rotatable bonds is 6. The Morgan fingerprint density at radius 1 is 1.04 bits per heavy atom. The maximum atomic E-state index is 12.0. The number of benzene rings is 2. The fourth-order valence-electron chi connectivity index (χ4n) is 2.38. The third-order valence-corrected chi connectivity index (χ3v) is 3.86. The molecule has 0 aliphatic carbocycles. The van der Waals surface area contributed by atoms with Gasteiger partial charge in [-0.15, -0.1) is 0 Å². The summed E-state index contributed by atoms with van der Waals surface area (Å²) in [6.45, 7) is 2.28. The molecule has 0 radical (unpaired) electrons. The first kappa shape index (κ1) is 16.8. The highest BCUT2D eigenvalue weighted by Gasteiger charge is 2.17. The van der Waals surface area contributed by atoms with Crippen LogP contribution in [-0.2, 0) is 22.5 Å². The molecule has 0 fully saturated rings. The number of hydrogen-bond donors (Lipinski definition) is 1. The summed E-state index contributed by atoms with van der Waals surface area (Å²) in [4.78, 5) is 23.8. The lowest BCUT2D eigenvalue weighted by molar-refractivity contribution is -0.124. The second-order valence-corrected chi connectivity index (χ2v) is 5.59. The molecule has 0 saturated carbocycles. The molecule has 0 aromatic heterocycles. The molecule has 0 unspecified atom stereocenters. The number of aryl methyl sites for hydroxylation is 1. The minimum Gasteiger partial charge on any atom is -0.454 e. The van der Waals surface area contributed by atoms with Crippen LogP contribution in [0.1, 0.15) is 28.4 Å². The molecule has 2 aromatic rings. The van der Waals surface area contributed by atoms with Gasteiger partial charge in [0.1, 0.15) is 0 Å². The van der Waals surface area contributed by atoms with E-state index in [1.807, 2.05) is 24.3 Å². The summed E-state index contributed by atoms with van der Waals surface area (Å²) in [6.07, 6.45) is 0.975. The fraction of sp³-hybridized carbons (Fsp3) is 0.263. The van der Waals surface area contributed by atoms with Crippen molar-refractivity contribution in [1.29, 1.82) is 0 Å². The lowest BCUT2D eigenvalue weighted by Crippen LogP contribution is -2.28. The zero-order chi connectivity index (χ0) is 17.6. The average molecular weight is 341 g/mol. The summed E-state index contributed by atoms with van der Waals surface area (Å²) in [5, 5.41) is 2.72. The Balaban J connectivity index is 1.46. The van der Waals surface area contributed by atoms with E-state index in [2.05, 4.69) is 12.2 Å². The second kappa shape index (κ2) is 7.70. The number of esters is 1. The average Bonchev–Trinajstić information content (AvgIpc) is 3.12. The van der Waals surface area contributed by atoms with Gasteiger partial charge >= 0.3 is 5.97 Å². The van der Waals surface area contributed by atoms with Gasteiger partial charge in [0.15, 0.2) is 18.1 Å². The van der Waals surface area contributed by atoms with Crippen molar-refractivity contribution in [3.8, 4) is 11.5 Å². The van der Waals surface area contributed by atoms with Crippen molar-refractivity contribution in [1.82, 2.24) is 5.32 Å². The van der Waals surface area contributed by atoms with Crippen LogP contribution < -0.4 is 14.8 Å². The van der Waals surface area contributed by atoms with Crippen LogP contribution in [0.4, 0.5) is 0 Å². The van der Waals surface area contributed by atoms with Gasteiger partial charge in [-0.1, -0.05) is 31.2 Å². The summed E-state index contributed by atoms with van der Waals surface area (Å²) in [5.74, 6) is 0.146. The molecule has 0 atom stereocenters. The standard InChI is InChI=1S/C19H19NO5/c1-2-13-3-5-14(6-4-13)10-20-18(21)11-23-19(22)15-7-8-16-17(9-15)25-12-24-16/h3-9H,2,10-12H2,1H3,(H,20,21). The molecule has 6 heteroatoms. The van der Waals surface area contributed by atoms with Crippen LogP contribution in [0, 0.1) is 0 Å². The number of carbonyl (C=O) groups excluding carboxylic acids is 2. The Bertz CT molecular complexity index is 770. The molecule has 0 bridgehead atoms. The van der Waals surface area contributed by atoms with Gasteiger partial charge in [0.25, 0.3) is 5.91 Å². The van der Waals surface area contributed by atoms with Gasteiger partial charge in [-0.2, -0.15) is 0 Å². The van der Waals surface area contributed by atoms with E-state index in [4.69, 9.17) is 14.2 Å². The van der Waals surface area contributed by atoms with Gasteiger partial charge in [-0.05, 0) is 35.7 Å². The van der Waals surface area contributed by atoms with E-state index in [1.165, 1.54) is 11.6 Å². The SMILES string of the molecule is CCc1ccc(CNC(=O)COC(=O)c2ccc3c(c2)OCO3)cc1. The monoisotopic (exact) mass is 341 g/mol. The summed E-state index contributed by atoms with van der Waals surface area (Å²) in [6, 6.07) is 12.7. The molecule has 1 heterocycles. The van der Waals surface area contributed by atoms with E-state index in [0.717, 1.165) is 12.0 Å². The first-order chi connectivity index (χ1) is 12.2. The maximum Gasteiger partial charge on any atom is 0.338 e. The van der Waals surface area contributed by atoms with Crippen LogP contribution in [0.15, 0.2) is 42.5 Å². The van der Waals surface area contributed by atoms with Gasteiger partial charge in [-0.3, -0.25) is 4.79 Å². The summed E-state index contributed by atoms with van der Waals surface area (Å²) in [5.41, 5.74) is 2.55. The van der Waals surface area contributed by atoms with Gasteiger partial charge in [0.05, 0.1) is 5.56 Å². The summed E-state index contributed by atoms with van der Waals surface area (Å²) in [7, 11) is 0. The quantitative estimate of drug-likeness (QED) is 0.817. The fourth-order valence-corrected chi connectivity index (χ4v) is 2.38. The van der Waals surface area contributed by atoms with Gasteiger partial charge in [-0.25, -0.2) is 4.79 Å². The lowest BCUT2D eigenvalue weighted by Gasteiger charge is -2.08. The van der Waals surface area contributed by atoms with Crippen molar-refractivity contribution in [3.05, 3.63) is 59.2 Å². The number of carbonyl (C=O) groups is 2. The van der Waals surface area contributed by atoms with Crippen molar-refractivity contribution in [3.63, 3.8) is 0 Å². The van der Waals surface area contributed by atoms with E-state index in [1.54, 1.807) is 12.1 Å². The first-order valence-electron chi connectivity index (χ1n) is 8.07. The molecule has 0 saturated heterocycles. The maximum absolute atomic E-state index is 12.0. The minimum atomic E-state index is -0.583. The van der Waals surface area contributed by atoms with Crippen molar-refractivity contribution in [2.24, 2.45) is 0 Å². The minimum absolute atomic E-state index is 0.134. The molecule has 25 heavy (non-hydrogen) atoms. The second-order valence-electron chi connectivity index (χ2n) is 5.59. The molecule has 130 valence electrons. The molecule has 1 amide bonds. The van der Waals surface area contributed by atoms with Crippen LogP contribution in [0.3, 0.4) is 0 Å². The molecular formula is C19H19NO5. The van der Waals surface area contributed by atoms with Crippen LogP contribution in [-0.4, -0.2) is 25.3 Å². The molecule has 1 aliphatic rings. The molecule has 0 spiro atoms. The molecule has 1 N–H and O–H groups in total. The van der Waals surface area contributed by atoms with E-state index >= 15 is 0 Å². The Morgan fingerprint density at radius 2 is 1.76 bits per heavy atom. The zero-order valence-corrected chi connectivity index (χ0v) is 13.9. The molecule has 1 aliphatic heterocycles. The molecular weight excluding hydrogens is 322 g/mol. The van der Waals surface area contributed by atoms with Crippen LogP contribution in [0.2, 0.25) is 0 Å². The van der Waals surface area contributed by atoms with Gasteiger partial charge in [0.2, 0.25) is 6.79 Å². The van der Waals surface area contributed by atoms with E-state index in [9.17, 15) is 9.59 Å². The third-order valence-electron chi connectivity index (χ3n) is 3.86. The third kappa shape index (κ3) is 4.29. The normalized spacial score (nSPS) is 11.9. The number of fused-ring (bicyclic) bond motifs is 1. The Hall–Kier alpha value is -3.02. The number of nitrogens with one attached hydrogen (secondary N) is 1. The topological polar surface area (TPSA) is 73.9 Å². The summed E-state index contributed by atoms with van der Waals surface area (Å²) >= 11 is 0. The first-order valence-corrected chi connectivity index (χ1v) is 8.07. The Kier molecular flexibility index (Phi) is 5.18. The van der Waals surface area contributed by atoms with Crippen LogP contribution in [0.5, 0.6) is 11.5 Å². The van der Waals surface area contributed by atoms with E-state index in [0.29, 0.717) is 23.6 Å². The lowest BCUT2D eigenvalue weighted by atomic mass is 10.1. The molecule has 6 nitrogen and oxygen atoms in total. The van der Waals surface area contributed by atoms with Crippen LogP contribution in [0.25, 0.3) is 0 Å². The smallest absolute Gasteiger partial charge is 0.338 e. The highest BCUT2D eigenvalue weighted by molar-refractivity contribution is 5.92. The van der Waals surface area contributed by atoms with Crippen LogP contribution >= 0.6 is 0 Å². The van der Waals surface area contributed by atoms with Crippen molar-refractivity contribution in [2.75, 3.05) is 13.4 Å². The molecule has 2 aromatic carbocycles. The number of hydrogen-bond acceptors (Lipinski definition) is 5. The number of ether oxygens (including phenoxy) is 3. The summed E-state index contributed by atoms with van der Waals surface area (Å²) < 4.78 is 15.4. The van der Waals surface area contributed by atoms with Crippen molar-refractivity contribution >= 4 is 11.9 Å². The number of amides is 1. The van der Waals surface area contributed by atoms with E-state index < -0.39 is 5.97 Å². The zero-order valence-electron chi connectivity index (χ0n) is 13.9. The van der Waals surface area contributed by atoms with Gasteiger partial charge in [0, 0.05) is 6.54 Å². The predicted molar refractivity (Wildman–Crippen MR) is 90.5 cm³/mol. The van der Waals surface area contributed by atoms with Crippen molar-refractivity contribution < 1.29 is 23.8 Å². The Labute approximate surface area is 145 Å². The van der Waals surface area contributed by atoms with Crippen molar-refractivity contribution in [2.45, 2.75) is 19.9 Å². The highest BCUT2D eigenvalue weighted by Crippen LogP contribution is 2.32. The Morgan fingerprint density at radius 3 is 2.52 bits per heavy atom. The largest absolute Gasteiger partial charge is 0.454 e. The van der Waals surface area contributed by atoms with E-state index in [-0.39, 0.29) is 19.3 Å². The highest BCUT2D eigenvalue weighted by atomic mass is 16.7. The van der Waals surface area contributed by atoms with Gasteiger partial charge < -0.3 is 19.5 Å².